The first-order valence-corrected chi connectivity index (χ1v) is 1.28. The Morgan fingerprint density at radius 3 is 2.00 bits per heavy atom. The van der Waals surface area contributed by atoms with Crippen molar-refractivity contribution >= 4 is 44.5 Å². The predicted molar refractivity (Wildman–Crippen MR) is 28.5 cm³/mol. The van der Waals surface area contributed by atoms with Crippen molar-refractivity contribution < 1.29 is 0 Å². The molecule has 0 atom stereocenters. The van der Waals surface area contributed by atoms with Crippen LogP contribution in [0, 0.1) is 11.2 Å². The fourth-order valence-corrected chi connectivity index (χ4v) is 0. The van der Waals surface area contributed by atoms with E-state index >= 15 is 0 Å². The van der Waals surface area contributed by atoms with Gasteiger partial charge in [-0.2, -0.15) is 0 Å². The van der Waals surface area contributed by atoms with Crippen molar-refractivity contribution in [1.29, 1.82) is 5.26 Å². The Balaban J connectivity index is 0. The molecule has 0 aromatic carbocycles. The summed E-state index contributed by atoms with van der Waals surface area (Å²) in [4.78, 5) is 0. The summed E-state index contributed by atoms with van der Waals surface area (Å²) in [6, 6.07) is 0. The molecular weight excluding hydrogens is 70.6 g/mol. The van der Waals surface area contributed by atoms with Gasteiger partial charge in [-0.1, -0.05) is 0 Å². The van der Waals surface area contributed by atoms with Crippen molar-refractivity contribution in [2.45, 2.75) is 0 Å². The van der Waals surface area contributed by atoms with Crippen LogP contribution in [0.1, 0.15) is 0 Å². The summed E-state index contributed by atoms with van der Waals surface area (Å²) in [5.41, 5.74) is 0. The number of hydrogen-bond donors (Lipinski definition) is 0. The standard InChI is InChI=1S/CH3B2N.Na.H/c2-3-1-4;;/h3H,2H2;;. The summed E-state index contributed by atoms with van der Waals surface area (Å²) in [6.45, 7) is 0. The van der Waals surface area contributed by atoms with Crippen LogP contribution < -0.4 is 0 Å². The quantitative estimate of drug-likeness (QED) is 0.300. The third kappa shape index (κ3) is 12.1. The summed E-state index contributed by atoms with van der Waals surface area (Å²) in [6.07, 6.45) is 0. The molecule has 0 amide bonds. The number of hydrogen-bond acceptors (Lipinski definition) is 1. The van der Waals surface area contributed by atoms with Crippen LogP contribution in [0.3, 0.4) is 0 Å². The summed E-state index contributed by atoms with van der Waals surface area (Å²) in [7, 11) is 2.44. The minimum atomic E-state index is 0. The second-order valence-corrected chi connectivity index (χ2v) is 0.512. The molecule has 1 nitrogen and oxygen atoms in total. The van der Waals surface area contributed by atoms with Crippen molar-refractivity contribution in [3.05, 3.63) is 0 Å². The van der Waals surface area contributed by atoms with Crippen molar-refractivity contribution in [2.75, 3.05) is 0 Å². The van der Waals surface area contributed by atoms with Gasteiger partial charge in [0, 0.05) is 0 Å². The fourth-order valence-electron chi connectivity index (χ4n) is 0. The molecule has 0 aliphatic rings. The molecule has 0 N–H and O–H groups in total. The van der Waals surface area contributed by atoms with Crippen molar-refractivity contribution in [1.82, 2.24) is 0 Å². The van der Waals surface area contributed by atoms with E-state index in [9.17, 15) is 0 Å². The molecule has 20 valence electrons. The molecule has 0 fully saturated rings. The van der Waals surface area contributed by atoms with E-state index in [-0.39, 0.29) is 29.6 Å². The van der Waals surface area contributed by atoms with Crippen LogP contribution >= 0.6 is 0 Å². The van der Waals surface area contributed by atoms with Crippen LogP contribution in [-0.2, 0) is 0 Å². The Morgan fingerprint density at radius 2 is 2.00 bits per heavy atom. The van der Waals surface area contributed by atoms with E-state index in [4.69, 9.17) is 5.26 Å². The van der Waals surface area contributed by atoms with Crippen LogP contribution in [0.5, 0.6) is 0 Å². The topological polar surface area (TPSA) is 23.8 Å². The SMILES string of the molecule is BBC#N.[NaH]. The van der Waals surface area contributed by atoms with Gasteiger partial charge in [0.15, 0.2) is 0 Å². The van der Waals surface area contributed by atoms with E-state index in [1.54, 1.807) is 0 Å². The average Bonchev–Trinajstić information content (AvgIpc) is 1.37. The third-order valence-electron chi connectivity index (χ3n) is 0.158. The van der Waals surface area contributed by atoms with E-state index in [1.165, 1.54) is 0 Å². The van der Waals surface area contributed by atoms with Crippen LogP contribution in [0.25, 0.3) is 0 Å². The Hall–Kier alpha value is 0.620. The molecule has 0 aliphatic heterocycles. The number of nitrogens with zero attached hydrogens (tertiary/aromatic N) is 1. The van der Waals surface area contributed by atoms with Crippen LogP contribution in [0.15, 0.2) is 0 Å². The van der Waals surface area contributed by atoms with Crippen LogP contribution in [0.2, 0.25) is 0 Å². The molecule has 0 saturated carbocycles. The normalized spacial score (nSPS) is 3.00. The van der Waals surface area contributed by atoms with Crippen LogP contribution in [0.4, 0.5) is 0 Å². The Morgan fingerprint density at radius 1 is 1.80 bits per heavy atom. The summed E-state index contributed by atoms with van der Waals surface area (Å²) >= 11 is 0. The molecule has 0 aromatic heterocycles. The van der Waals surface area contributed by atoms with Gasteiger partial charge < -0.3 is 0 Å². The van der Waals surface area contributed by atoms with Gasteiger partial charge in [0.1, 0.15) is 0 Å². The van der Waals surface area contributed by atoms with Crippen molar-refractivity contribution in [3.8, 4) is 5.97 Å². The van der Waals surface area contributed by atoms with Gasteiger partial charge >= 0.3 is 29.6 Å². The molecule has 0 bridgehead atoms. The monoisotopic (exact) mass is 75.0 g/mol. The van der Waals surface area contributed by atoms with Crippen molar-refractivity contribution in [2.24, 2.45) is 0 Å². The van der Waals surface area contributed by atoms with E-state index in [0.717, 1.165) is 0 Å². The van der Waals surface area contributed by atoms with E-state index in [0.29, 0.717) is 7.17 Å². The van der Waals surface area contributed by atoms with Crippen LogP contribution in [-0.4, -0.2) is 44.5 Å². The number of nitriles is 1. The summed E-state index contributed by atoms with van der Waals surface area (Å²) in [5.74, 6) is 1.93. The second kappa shape index (κ2) is 8.82. The first-order valence-electron chi connectivity index (χ1n) is 1.28. The Labute approximate surface area is 55.7 Å². The zero-order chi connectivity index (χ0) is 3.41. The van der Waals surface area contributed by atoms with E-state index < -0.39 is 0 Å². The Kier molecular flexibility index (Phi) is 16.1. The molecule has 0 radical (unpaired) electrons. The molecule has 0 rings (SSSR count). The van der Waals surface area contributed by atoms with Gasteiger partial charge in [-0.15, -0.1) is 0 Å². The minimum absolute atomic E-state index is 0. The molecule has 0 spiro atoms. The third-order valence-corrected chi connectivity index (χ3v) is 0.158. The molecule has 0 aromatic rings. The maximum atomic E-state index is 7.62. The fraction of sp³-hybridized carbons (Fsp3) is 0. The van der Waals surface area contributed by atoms with Gasteiger partial charge in [0.25, 0.3) is 0 Å². The molecule has 4 heteroatoms. The molecule has 0 unspecified atom stereocenters. The van der Waals surface area contributed by atoms with Gasteiger partial charge in [0.2, 0.25) is 7.17 Å². The van der Waals surface area contributed by atoms with Gasteiger partial charge in [-0.05, 0) is 5.97 Å². The molecule has 0 saturated heterocycles. The van der Waals surface area contributed by atoms with Gasteiger partial charge in [-0.25, -0.2) is 5.26 Å². The van der Waals surface area contributed by atoms with Gasteiger partial charge in [0.05, 0.1) is 7.74 Å². The molecule has 0 aliphatic carbocycles. The average molecular weight is 74.7 g/mol. The van der Waals surface area contributed by atoms with E-state index in [2.05, 4.69) is 0 Å². The Bertz CT molecular complexity index is 39.4. The summed E-state index contributed by atoms with van der Waals surface area (Å²) < 4.78 is 0. The molecule has 5 heavy (non-hydrogen) atoms. The summed E-state index contributed by atoms with van der Waals surface area (Å²) in [5, 5.41) is 7.62. The molecule has 0 heterocycles. The number of rotatable bonds is 0. The first-order chi connectivity index (χ1) is 1.91. The zero-order valence-corrected chi connectivity index (χ0v) is 2.65. The predicted octanol–water partition coefficient (Wildman–Crippen LogP) is -2.20. The van der Waals surface area contributed by atoms with E-state index in [1.807, 2.05) is 13.7 Å². The van der Waals surface area contributed by atoms with Gasteiger partial charge in [-0.3, -0.25) is 0 Å². The zero-order valence-electron chi connectivity index (χ0n) is 2.65. The first kappa shape index (κ1) is 9.15. The molecular formula is CH4B2NNa. The maximum absolute atomic E-state index is 7.62. The second-order valence-electron chi connectivity index (χ2n) is 0.512. The van der Waals surface area contributed by atoms with Crippen molar-refractivity contribution in [3.63, 3.8) is 0 Å².